The van der Waals surface area contributed by atoms with E-state index in [0.717, 1.165) is 31.4 Å². The fourth-order valence-corrected chi connectivity index (χ4v) is 2.62. The normalized spacial score (nSPS) is 17.9. The van der Waals surface area contributed by atoms with Crippen LogP contribution in [0.4, 0.5) is 5.69 Å². The molecule has 1 aromatic rings. The molecule has 0 spiro atoms. The molecule has 0 saturated carbocycles. The van der Waals surface area contributed by atoms with E-state index in [-0.39, 0.29) is 0 Å². The molecule has 2 nitrogen and oxygen atoms in total. The Kier molecular flexibility index (Phi) is 5.76. The van der Waals surface area contributed by atoms with Crippen LogP contribution >= 0.6 is 0 Å². The lowest BCUT2D eigenvalue weighted by Gasteiger charge is -2.15. The summed E-state index contributed by atoms with van der Waals surface area (Å²) < 4.78 is 0. The molecule has 0 fully saturated rings. The third kappa shape index (κ3) is 4.45. The highest BCUT2D eigenvalue weighted by molar-refractivity contribution is 5.81. The summed E-state index contributed by atoms with van der Waals surface area (Å²) in [5.74, 6) is 0. The number of hydrogen-bond donors (Lipinski definition) is 0. The van der Waals surface area contributed by atoms with Crippen molar-refractivity contribution < 1.29 is 0 Å². The minimum absolute atomic E-state index is 0.826. The Morgan fingerprint density at radius 2 is 2.05 bits per heavy atom. The van der Waals surface area contributed by atoms with Crippen LogP contribution in [0.15, 0.2) is 59.1 Å². The number of allylic oxidation sites excluding steroid dienone is 4. The van der Waals surface area contributed by atoms with E-state index in [2.05, 4.69) is 73.9 Å². The van der Waals surface area contributed by atoms with Gasteiger partial charge in [-0.2, -0.15) is 0 Å². The highest BCUT2D eigenvalue weighted by atomic mass is 15.1. The van der Waals surface area contributed by atoms with Gasteiger partial charge in [0.1, 0.15) is 0 Å². The summed E-state index contributed by atoms with van der Waals surface area (Å²) >= 11 is 0. The molecule has 0 atom stereocenters. The van der Waals surface area contributed by atoms with Crippen LogP contribution in [-0.2, 0) is 0 Å². The summed E-state index contributed by atoms with van der Waals surface area (Å²) in [6.07, 6.45) is 9.52. The van der Waals surface area contributed by atoms with Crippen molar-refractivity contribution in [1.29, 1.82) is 0 Å². The van der Waals surface area contributed by atoms with Gasteiger partial charge in [0.25, 0.3) is 0 Å². The van der Waals surface area contributed by atoms with Crippen molar-refractivity contribution in [2.75, 3.05) is 25.5 Å². The van der Waals surface area contributed by atoms with Gasteiger partial charge < -0.3 is 4.90 Å². The number of benzene rings is 1. The van der Waals surface area contributed by atoms with Crippen LogP contribution in [0.2, 0.25) is 0 Å². The second kappa shape index (κ2) is 7.79. The van der Waals surface area contributed by atoms with Gasteiger partial charge in [0.2, 0.25) is 0 Å². The fraction of sp³-hybridized carbons (Fsp3) is 0.350. The smallest absolute Gasteiger partial charge is 0.0430 e. The molecule has 1 aromatic carbocycles. The Balaban J connectivity index is 2.32. The molecule has 1 aliphatic rings. The zero-order chi connectivity index (χ0) is 15.9. The Morgan fingerprint density at radius 1 is 1.23 bits per heavy atom. The van der Waals surface area contributed by atoms with Crippen molar-refractivity contribution in [3.63, 3.8) is 0 Å². The molecular weight excluding hydrogens is 268 g/mol. The highest BCUT2D eigenvalue weighted by Gasteiger charge is 2.06. The standard InChI is InChI=1S/C20H26N2/c1-5-7-17-12-16(2)13-19(10-11-21-15-17)18-8-6-9-20(14-18)22(3)4/h6,8-9,12-15H,2,5,7,10-11H2,1,3-4H3/b17-12-,19-13?,21-15?. The van der Waals surface area contributed by atoms with Gasteiger partial charge in [0.15, 0.2) is 0 Å². The van der Waals surface area contributed by atoms with E-state index in [1.54, 1.807) is 0 Å². The van der Waals surface area contributed by atoms with E-state index >= 15 is 0 Å². The van der Waals surface area contributed by atoms with E-state index in [1.165, 1.54) is 22.4 Å². The average molecular weight is 294 g/mol. The average Bonchev–Trinajstić information content (AvgIpc) is 2.58. The quantitative estimate of drug-likeness (QED) is 0.771. The summed E-state index contributed by atoms with van der Waals surface area (Å²) in [6.45, 7) is 7.22. The van der Waals surface area contributed by atoms with Crippen LogP contribution in [0.3, 0.4) is 0 Å². The molecule has 22 heavy (non-hydrogen) atoms. The number of anilines is 1. The lowest BCUT2D eigenvalue weighted by atomic mass is 9.99. The van der Waals surface area contributed by atoms with Gasteiger partial charge in [0, 0.05) is 32.5 Å². The maximum absolute atomic E-state index is 4.57. The van der Waals surface area contributed by atoms with Crippen LogP contribution in [-0.4, -0.2) is 26.9 Å². The zero-order valence-corrected chi connectivity index (χ0v) is 14.0. The maximum atomic E-state index is 4.57. The molecule has 0 unspecified atom stereocenters. The first-order chi connectivity index (χ1) is 10.6. The molecule has 2 heteroatoms. The van der Waals surface area contributed by atoms with Crippen molar-refractivity contribution in [1.82, 2.24) is 0 Å². The van der Waals surface area contributed by atoms with E-state index in [9.17, 15) is 0 Å². The second-order valence-electron chi connectivity index (χ2n) is 5.94. The molecule has 0 radical (unpaired) electrons. The first-order valence-electron chi connectivity index (χ1n) is 7.97. The Hall–Kier alpha value is -2.09. The van der Waals surface area contributed by atoms with Gasteiger partial charge in [-0.05, 0) is 47.3 Å². The first-order valence-corrected chi connectivity index (χ1v) is 7.97. The summed E-state index contributed by atoms with van der Waals surface area (Å²) in [5, 5.41) is 0. The largest absolute Gasteiger partial charge is 0.378 e. The van der Waals surface area contributed by atoms with E-state index < -0.39 is 0 Å². The lowest BCUT2D eigenvalue weighted by Crippen LogP contribution is -2.08. The zero-order valence-electron chi connectivity index (χ0n) is 14.0. The second-order valence-corrected chi connectivity index (χ2v) is 5.94. The number of nitrogens with zero attached hydrogens (tertiary/aromatic N) is 2. The van der Waals surface area contributed by atoms with Crippen molar-refractivity contribution >= 4 is 17.5 Å². The minimum Gasteiger partial charge on any atom is -0.378 e. The fourth-order valence-electron chi connectivity index (χ4n) is 2.62. The molecule has 0 amide bonds. The van der Waals surface area contributed by atoms with E-state index in [1.807, 2.05) is 6.21 Å². The summed E-state index contributed by atoms with van der Waals surface area (Å²) in [5.41, 5.74) is 6.11. The van der Waals surface area contributed by atoms with Crippen molar-refractivity contribution in [3.8, 4) is 0 Å². The van der Waals surface area contributed by atoms with Crippen molar-refractivity contribution in [2.45, 2.75) is 26.2 Å². The summed E-state index contributed by atoms with van der Waals surface area (Å²) in [7, 11) is 4.14. The molecule has 0 saturated heterocycles. The number of hydrogen-bond acceptors (Lipinski definition) is 2. The summed E-state index contributed by atoms with van der Waals surface area (Å²) in [6, 6.07) is 8.65. The van der Waals surface area contributed by atoms with Gasteiger partial charge in [-0.15, -0.1) is 0 Å². The molecule has 0 aromatic heterocycles. The van der Waals surface area contributed by atoms with Gasteiger partial charge in [-0.25, -0.2) is 0 Å². The minimum atomic E-state index is 0.826. The highest BCUT2D eigenvalue weighted by Crippen LogP contribution is 2.25. The van der Waals surface area contributed by atoms with Crippen molar-refractivity contribution in [3.05, 3.63) is 59.7 Å². The van der Waals surface area contributed by atoms with E-state index in [0.29, 0.717) is 0 Å². The first kappa shape index (κ1) is 16.3. The topological polar surface area (TPSA) is 15.6 Å². The molecule has 0 N–H and O–H groups in total. The monoisotopic (exact) mass is 294 g/mol. The van der Waals surface area contributed by atoms with Gasteiger partial charge in [0.05, 0.1) is 0 Å². The SMILES string of the molecule is C=C1C=C(c2cccc(N(C)C)c2)CCN=C/C(CCC)=C\1. The Bertz CT molecular complexity index is 618. The predicted octanol–water partition coefficient (Wildman–Crippen LogP) is 4.89. The van der Waals surface area contributed by atoms with E-state index in [4.69, 9.17) is 0 Å². The Morgan fingerprint density at radius 3 is 2.77 bits per heavy atom. The summed E-state index contributed by atoms with van der Waals surface area (Å²) in [4.78, 5) is 6.70. The van der Waals surface area contributed by atoms with Crippen LogP contribution in [0, 0.1) is 0 Å². The van der Waals surface area contributed by atoms with Gasteiger partial charge in [-0.3, -0.25) is 4.99 Å². The van der Waals surface area contributed by atoms with Crippen LogP contribution < -0.4 is 4.90 Å². The molecule has 0 bridgehead atoms. The van der Waals surface area contributed by atoms with Gasteiger partial charge >= 0.3 is 0 Å². The maximum Gasteiger partial charge on any atom is 0.0430 e. The third-order valence-corrected chi connectivity index (χ3v) is 3.77. The molecule has 0 aliphatic carbocycles. The van der Waals surface area contributed by atoms with Crippen molar-refractivity contribution in [2.24, 2.45) is 4.99 Å². The molecular formula is C20H26N2. The molecule has 116 valence electrons. The molecule has 2 rings (SSSR count). The molecule has 1 heterocycles. The predicted molar refractivity (Wildman–Crippen MR) is 98.9 cm³/mol. The Labute approximate surface area is 134 Å². The van der Waals surface area contributed by atoms with Gasteiger partial charge in [-0.1, -0.05) is 44.2 Å². The number of aliphatic imine (C=N–C) groups is 1. The van der Waals surface area contributed by atoms with Crippen LogP contribution in [0.25, 0.3) is 5.57 Å². The third-order valence-electron chi connectivity index (χ3n) is 3.77. The molecule has 1 aliphatic heterocycles. The van der Waals surface area contributed by atoms with Crippen LogP contribution in [0.5, 0.6) is 0 Å². The van der Waals surface area contributed by atoms with Crippen LogP contribution in [0.1, 0.15) is 31.7 Å². The lowest BCUT2D eigenvalue weighted by molar-refractivity contribution is 0.935. The number of rotatable bonds is 4.